The van der Waals surface area contributed by atoms with Crippen LogP contribution in [0.25, 0.3) is 0 Å². The van der Waals surface area contributed by atoms with Gasteiger partial charge in [-0.3, -0.25) is 0 Å². The molecule has 5 heteroatoms. The fourth-order valence-electron chi connectivity index (χ4n) is 0.690. The van der Waals surface area contributed by atoms with E-state index in [2.05, 4.69) is 0 Å². The molecule has 18 heavy (non-hydrogen) atoms. The molecule has 0 bridgehead atoms. The number of allylic oxidation sites excluding steroid dienone is 1. The van der Waals surface area contributed by atoms with E-state index in [1.54, 1.807) is 19.9 Å². The Balaban J connectivity index is 0. The van der Waals surface area contributed by atoms with E-state index in [1.165, 1.54) is 13.0 Å². The predicted molar refractivity (Wildman–Crippen MR) is 69.4 cm³/mol. The van der Waals surface area contributed by atoms with Crippen molar-refractivity contribution in [3.8, 4) is 0 Å². The largest absolute Gasteiger partial charge is 0.478 e. The lowest BCUT2D eigenvalue weighted by molar-refractivity contribution is -0.133. The Bertz CT molecular complexity index is 328. The molecule has 0 aromatic carbocycles. The lowest BCUT2D eigenvalue weighted by Gasteiger charge is -2.02. The molecule has 104 valence electrons. The second-order valence-electron chi connectivity index (χ2n) is 3.77. The van der Waals surface area contributed by atoms with E-state index in [9.17, 15) is 9.59 Å². The first kappa shape index (κ1) is 18.7. The number of aliphatic hydroxyl groups excluding tert-OH is 1. The Hall–Kier alpha value is -1.62. The molecule has 0 heterocycles. The first-order valence-corrected chi connectivity index (χ1v) is 5.70. The Morgan fingerprint density at radius 3 is 1.78 bits per heavy atom. The van der Waals surface area contributed by atoms with Gasteiger partial charge in [-0.25, -0.2) is 9.59 Å². The lowest BCUT2D eigenvalue weighted by atomic mass is 10.1. The summed E-state index contributed by atoms with van der Waals surface area (Å²) < 4.78 is 0. The van der Waals surface area contributed by atoms with Crippen LogP contribution in [0.15, 0.2) is 23.3 Å². The molecule has 0 fully saturated rings. The summed E-state index contributed by atoms with van der Waals surface area (Å²) in [4.78, 5) is 20.1. The number of rotatable bonds is 5. The molecule has 0 aliphatic rings. The van der Waals surface area contributed by atoms with Gasteiger partial charge in [-0.15, -0.1) is 0 Å². The van der Waals surface area contributed by atoms with E-state index in [1.807, 2.05) is 6.92 Å². The molecule has 0 aromatic heterocycles. The van der Waals surface area contributed by atoms with Crippen molar-refractivity contribution < 1.29 is 24.9 Å². The van der Waals surface area contributed by atoms with Gasteiger partial charge in [0.25, 0.3) is 0 Å². The van der Waals surface area contributed by atoms with Crippen LogP contribution in [0.3, 0.4) is 0 Å². The van der Waals surface area contributed by atoms with Crippen molar-refractivity contribution in [1.82, 2.24) is 0 Å². The van der Waals surface area contributed by atoms with E-state index in [4.69, 9.17) is 15.3 Å². The highest BCUT2D eigenvalue weighted by Gasteiger charge is 2.01. The van der Waals surface area contributed by atoms with E-state index < -0.39 is 18.0 Å². The van der Waals surface area contributed by atoms with Crippen LogP contribution in [0, 0.1) is 0 Å². The summed E-state index contributed by atoms with van der Waals surface area (Å²) in [6.45, 7) is 6.63. The van der Waals surface area contributed by atoms with Crippen molar-refractivity contribution in [2.75, 3.05) is 0 Å². The third-order valence-corrected chi connectivity index (χ3v) is 2.28. The monoisotopic (exact) mass is 258 g/mol. The van der Waals surface area contributed by atoms with Gasteiger partial charge in [0.2, 0.25) is 0 Å². The summed E-state index contributed by atoms with van der Waals surface area (Å²) in [6.07, 6.45) is 3.76. The summed E-state index contributed by atoms with van der Waals surface area (Å²) in [5.41, 5.74) is 0.678. The van der Waals surface area contributed by atoms with E-state index >= 15 is 0 Å². The van der Waals surface area contributed by atoms with Crippen LogP contribution < -0.4 is 0 Å². The minimum Gasteiger partial charge on any atom is -0.478 e. The van der Waals surface area contributed by atoms with Crippen molar-refractivity contribution in [1.29, 1.82) is 0 Å². The maximum atomic E-state index is 10.3. The molecular formula is C13H22O5. The minimum absolute atomic E-state index is 0.289. The molecule has 0 saturated heterocycles. The molecule has 3 N–H and O–H groups in total. The molecule has 0 rings (SSSR count). The lowest BCUT2D eigenvalue weighted by Crippen LogP contribution is -2.04. The molecular weight excluding hydrogens is 236 g/mol. The van der Waals surface area contributed by atoms with Crippen LogP contribution in [0.4, 0.5) is 0 Å². The number of carboxylic acid groups (broad SMARTS) is 2. The molecule has 0 amide bonds. The Morgan fingerprint density at radius 1 is 1.11 bits per heavy atom. The van der Waals surface area contributed by atoms with Gasteiger partial charge in [0.1, 0.15) is 0 Å². The highest BCUT2D eigenvalue weighted by atomic mass is 16.4. The van der Waals surface area contributed by atoms with Gasteiger partial charge >= 0.3 is 11.9 Å². The number of aliphatic hydroxyl groups is 1. The third kappa shape index (κ3) is 10.9. The highest BCUT2D eigenvalue weighted by molar-refractivity contribution is 5.86. The quantitative estimate of drug-likeness (QED) is 0.657. The first-order chi connectivity index (χ1) is 8.26. The molecule has 0 aromatic rings. The van der Waals surface area contributed by atoms with Crippen molar-refractivity contribution in [2.24, 2.45) is 0 Å². The Morgan fingerprint density at radius 2 is 1.56 bits per heavy atom. The molecule has 0 spiro atoms. The molecule has 0 saturated carbocycles. The zero-order chi connectivity index (χ0) is 14.7. The third-order valence-electron chi connectivity index (χ3n) is 2.28. The molecule has 0 aliphatic carbocycles. The van der Waals surface area contributed by atoms with Gasteiger partial charge in [0, 0.05) is 11.1 Å². The van der Waals surface area contributed by atoms with Gasteiger partial charge in [-0.05, 0) is 33.6 Å². The topological polar surface area (TPSA) is 94.8 Å². The summed E-state index contributed by atoms with van der Waals surface area (Å²) in [7, 11) is 0. The molecule has 5 nitrogen and oxygen atoms in total. The summed E-state index contributed by atoms with van der Waals surface area (Å²) in [5, 5.41) is 25.6. The maximum absolute atomic E-state index is 10.3. The van der Waals surface area contributed by atoms with Gasteiger partial charge < -0.3 is 15.3 Å². The van der Waals surface area contributed by atoms with Crippen molar-refractivity contribution >= 4 is 11.9 Å². The summed E-state index contributed by atoms with van der Waals surface area (Å²) in [5.74, 6) is -1.77. The number of hydrogen-bond acceptors (Lipinski definition) is 3. The summed E-state index contributed by atoms with van der Waals surface area (Å²) in [6, 6.07) is 0. The van der Waals surface area contributed by atoms with Gasteiger partial charge in [-0.1, -0.05) is 19.1 Å². The van der Waals surface area contributed by atoms with Crippen LogP contribution in [-0.2, 0) is 9.59 Å². The average Bonchev–Trinajstić information content (AvgIpc) is 2.34. The standard InChI is InChI=1S/C8H14O3.C5H8O2/c1-3-7(9)5-4-6(2)8(10)11;1-3-4(2)5(6)7/h4,7,9H,3,5H2,1-2H3,(H,10,11);3H,1-2H3,(H,6,7). The molecule has 1 unspecified atom stereocenters. The number of hydrogen-bond donors (Lipinski definition) is 3. The molecule has 0 radical (unpaired) electrons. The predicted octanol–water partition coefficient (Wildman–Crippen LogP) is 2.22. The van der Waals surface area contributed by atoms with Crippen molar-refractivity contribution in [3.63, 3.8) is 0 Å². The van der Waals surface area contributed by atoms with Gasteiger partial charge in [-0.2, -0.15) is 0 Å². The molecule has 1 atom stereocenters. The first-order valence-electron chi connectivity index (χ1n) is 5.70. The van der Waals surface area contributed by atoms with Crippen molar-refractivity contribution in [2.45, 2.75) is 46.6 Å². The van der Waals surface area contributed by atoms with Crippen LogP contribution in [0.1, 0.15) is 40.5 Å². The van der Waals surface area contributed by atoms with Crippen LogP contribution >= 0.6 is 0 Å². The number of aliphatic carboxylic acids is 2. The number of carbonyl (C=O) groups is 2. The van der Waals surface area contributed by atoms with Gasteiger partial charge in [0.05, 0.1) is 6.10 Å². The second-order valence-corrected chi connectivity index (χ2v) is 3.77. The average molecular weight is 258 g/mol. The second kappa shape index (κ2) is 10.5. The van der Waals surface area contributed by atoms with E-state index in [0.717, 1.165) is 0 Å². The zero-order valence-electron chi connectivity index (χ0n) is 11.3. The normalized spacial score (nSPS) is 13.4. The van der Waals surface area contributed by atoms with Crippen LogP contribution in [-0.4, -0.2) is 33.4 Å². The van der Waals surface area contributed by atoms with Crippen LogP contribution in [0.2, 0.25) is 0 Å². The van der Waals surface area contributed by atoms with Crippen LogP contribution in [0.5, 0.6) is 0 Å². The van der Waals surface area contributed by atoms with Crippen molar-refractivity contribution in [3.05, 3.63) is 23.3 Å². The Kier molecular flexibility index (Phi) is 11.0. The number of carboxylic acids is 2. The SMILES string of the molecule is CC=C(C)C(=O)O.CCC(O)CC=C(C)C(=O)O. The zero-order valence-corrected chi connectivity index (χ0v) is 11.3. The Labute approximate surface area is 107 Å². The summed E-state index contributed by atoms with van der Waals surface area (Å²) >= 11 is 0. The van der Waals surface area contributed by atoms with E-state index in [0.29, 0.717) is 18.4 Å². The molecule has 0 aliphatic heterocycles. The highest BCUT2D eigenvalue weighted by Crippen LogP contribution is 2.01. The smallest absolute Gasteiger partial charge is 0.330 e. The van der Waals surface area contributed by atoms with E-state index in [-0.39, 0.29) is 5.57 Å². The fraction of sp³-hybridized carbons (Fsp3) is 0.538. The fourth-order valence-corrected chi connectivity index (χ4v) is 0.690. The van der Waals surface area contributed by atoms with Gasteiger partial charge in [0.15, 0.2) is 0 Å². The maximum Gasteiger partial charge on any atom is 0.330 e. The minimum atomic E-state index is -0.923.